The van der Waals surface area contributed by atoms with Gasteiger partial charge in [-0.05, 0) is 92.0 Å². The van der Waals surface area contributed by atoms with Gasteiger partial charge in [-0.15, -0.1) is 0 Å². The fraction of sp³-hybridized carbons (Fsp3) is 0.689. The van der Waals surface area contributed by atoms with Gasteiger partial charge in [-0.3, -0.25) is 9.69 Å². The minimum atomic E-state index is -2.14. The van der Waals surface area contributed by atoms with E-state index in [-0.39, 0.29) is 54.1 Å². The van der Waals surface area contributed by atoms with E-state index >= 15 is 0 Å². The Balaban J connectivity index is 2.27. The van der Waals surface area contributed by atoms with Crippen LogP contribution >= 0.6 is 24.0 Å². The summed E-state index contributed by atoms with van der Waals surface area (Å²) in [5, 5.41) is 0.0416. The maximum absolute atomic E-state index is 14.2. The average Bonchev–Trinajstić information content (AvgIpc) is 3.56. The van der Waals surface area contributed by atoms with Crippen molar-refractivity contribution in [3.05, 3.63) is 71.3 Å². The molecule has 1 aliphatic rings. The molecular formula is C45H77NO6S2Si2. The number of allylic oxidation sites excluding steroid dienone is 3. The van der Waals surface area contributed by atoms with Gasteiger partial charge in [-0.1, -0.05) is 141 Å². The highest BCUT2D eigenvalue weighted by Gasteiger charge is 2.43. The molecule has 1 aromatic carbocycles. The first-order valence-corrected chi connectivity index (χ1v) is 27.7. The molecule has 0 saturated carbocycles. The smallest absolute Gasteiger partial charge is 0.234 e. The Morgan fingerprint density at radius 2 is 1.62 bits per heavy atom. The number of hydrogen-bond acceptors (Lipinski definition) is 8. The summed E-state index contributed by atoms with van der Waals surface area (Å²) in [6, 6.07) is 13.6. The molecule has 6 atom stereocenters. The molecule has 1 aliphatic heterocycles. The SMILES string of the molecule is CC[Si](CC)(CC)O[C@@H](/C(C)=C/CCC[C@@H](OC)/C(C)=C/C=C/[C@@H](OCOC)[C@H](O[Si](C)(C)C(C)(C)C)c1ccccc1)[C@@H](C)C(=O)N1C(=S)SC[C@@H]1C(C)C. The van der Waals surface area contributed by atoms with Crippen LogP contribution in [0.5, 0.6) is 0 Å². The largest absolute Gasteiger partial charge is 0.409 e. The number of carbonyl (C=O) groups is 1. The zero-order valence-corrected chi connectivity index (χ0v) is 41.2. The van der Waals surface area contributed by atoms with Crippen LogP contribution in [0, 0.1) is 11.8 Å². The summed E-state index contributed by atoms with van der Waals surface area (Å²) in [5.41, 5.74) is 3.36. The molecular weight excluding hydrogens is 771 g/mol. The van der Waals surface area contributed by atoms with Gasteiger partial charge in [0.05, 0.1) is 18.1 Å². The quantitative estimate of drug-likeness (QED) is 0.0255. The molecule has 0 N–H and O–H groups in total. The lowest BCUT2D eigenvalue weighted by molar-refractivity contribution is -0.135. The molecule has 1 heterocycles. The first kappa shape index (κ1) is 50.7. The molecule has 11 heteroatoms. The molecule has 0 radical (unpaired) electrons. The first-order chi connectivity index (χ1) is 26.3. The number of amides is 1. The van der Waals surface area contributed by atoms with Crippen molar-refractivity contribution >= 4 is 50.8 Å². The fourth-order valence-corrected chi connectivity index (χ4v) is 12.8. The van der Waals surface area contributed by atoms with Gasteiger partial charge < -0.3 is 23.1 Å². The van der Waals surface area contributed by atoms with Crippen LogP contribution in [0.15, 0.2) is 65.8 Å². The van der Waals surface area contributed by atoms with E-state index in [0.29, 0.717) is 10.2 Å². The fourth-order valence-electron chi connectivity index (χ4n) is 6.94. The lowest BCUT2D eigenvalue weighted by atomic mass is 9.94. The number of methoxy groups -OCH3 is 2. The number of hydrogen-bond donors (Lipinski definition) is 0. The number of unbranched alkanes of at least 4 members (excludes halogenated alkanes) is 1. The third-order valence-corrected chi connectivity index (χ3v) is 22.7. The molecule has 0 aliphatic carbocycles. The summed E-state index contributed by atoms with van der Waals surface area (Å²) < 4.78 is 32.5. The van der Waals surface area contributed by atoms with Crippen molar-refractivity contribution in [3.8, 4) is 0 Å². The second-order valence-electron chi connectivity index (χ2n) is 17.3. The van der Waals surface area contributed by atoms with Crippen LogP contribution in [0.1, 0.15) is 107 Å². The van der Waals surface area contributed by atoms with Gasteiger partial charge in [0.15, 0.2) is 16.6 Å². The van der Waals surface area contributed by atoms with Crippen LogP contribution in [-0.2, 0) is 27.9 Å². The number of nitrogens with zero attached hydrogens (tertiary/aromatic N) is 1. The Hall–Kier alpha value is -1.42. The van der Waals surface area contributed by atoms with Crippen molar-refractivity contribution in [1.82, 2.24) is 4.90 Å². The Labute approximate surface area is 354 Å². The Morgan fingerprint density at radius 1 is 1.00 bits per heavy atom. The van der Waals surface area contributed by atoms with Crippen molar-refractivity contribution in [2.75, 3.05) is 26.8 Å². The van der Waals surface area contributed by atoms with Crippen molar-refractivity contribution in [1.29, 1.82) is 0 Å². The summed E-state index contributed by atoms with van der Waals surface area (Å²) >= 11 is 7.33. The topological polar surface area (TPSA) is 66.5 Å². The highest BCUT2D eigenvalue weighted by atomic mass is 32.2. The zero-order chi connectivity index (χ0) is 42.3. The predicted octanol–water partition coefficient (Wildman–Crippen LogP) is 12.3. The van der Waals surface area contributed by atoms with Crippen molar-refractivity contribution in [2.45, 2.75) is 162 Å². The normalized spacial score (nSPS) is 19.2. The lowest BCUT2D eigenvalue weighted by Crippen LogP contribution is -2.50. The van der Waals surface area contributed by atoms with Crippen LogP contribution in [0.2, 0.25) is 36.3 Å². The molecule has 1 aromatic rings. The number of benzene rings is 1. The molecule has 318 valence electrons. The second kappa shape index (κ2) is 24.0. The van der Waals surface area contributed by atoms with Crippen molar-refractivity contribution in [3.63, 3.8) is 0 Å². The van der Waals surface area contributed by atoms with Crippen molar-refractivity contribution < 1.29 is 27.9 Å². The highest BCUT2D eigenvalue weighted by molar-refractivity contribution is 8.23. The number of carbonyl (C=O) groups excluding carboxylic acids is 1. The lowest BCUT2D eigenvalue weighted by Gasteiger charge is -2.41. The molecule has 2 rings (SSSR count). The third-order valence-electron chi connectivity index (χ3n) is 12.1. The molecule has 1 fully saturated rings. The van der Waals surface area contributed by atoms with Gasteiger partial charge >= 0.3 is 0 Å². The summed E-state index contributed by atoms with van der Waals surface area (Å²) in [4.78, 5) is 16.1. The van der Waals surface area contributed by atoms with E-state index in [9.17, 15) is 4.79 Å². The van der Waals surface area contributed by atoms with E-state index in [1.54, 1.807) is 26.0 Å². The standard InChI is InChI=1S/C45H77NO6S2Si2/c1-16-56(17-2,18-3)52-41(36(8)43(47)46-38(33(4)5)31-54-44(46)53)35(7)25-22-23-29-39(49-13)34(6)26-24-30-40(50-32-48-12)42(37-27-20-19-21-28-37)51-55(14,15)45(9,10)11/h19-21,24-28,30,33,36,38-42H,16-18,22-23,29,31-32H2,1-15H3/b30-24+,34-26+,35-25+/t36-,38-,39-,40-,41+,42-/m1/s1. The van der Waals surface area contributed by atoms with Gasteiger partial charge in [0.2, 0.25) is 5.91 Å². The minimum absolute atomic E-state index is 0.0328. The molecule has 0 spiro atoms. The van der Waals surface area contributed by atoms with E-state index in [4.69, 9.17) is 35.3 Å². The predicted molar refractivity (Wildman–Crippen MR) is 247 cm³/mol. The second-order valence-corrected chi connectivity index (χ2v) is 28.4. The summed E-state index contributed by atoms with van der Waals surface area (Å²) in [6.07, 6.45) is 10.3. The summed E-state index contributed by atoms with van der Waals surface area (Å²) in [7, 11) is -0.732. The zero-order valence-electron chi connectivity index (χ0n) is 37.6. The Bertz CT molecular complexity index is 1430. The number of rotatable bonds is 24. The van der Waals surface area contributed by atoms with Gasteiger partial charge in [0, 0.05) is 26.0 Å². The summed E-state index contributed by atoms with van der Waals surface area (Å²) in [6.45, 7) is 28.9. The summed E-state index contributed by atoms with van der Waals surface area (Å²) in [5.74, 6) is 0.964. The van der Waals surface area contributed by atoms with Crippen LogP contribution in [0.4, 0.5) is 0 Å². The van der Waals surface area contributed by atoms with Gasteiger partial charge in [-0.25, -0.2) is 0 Å². The van der Waals surface area contributed by atoms with E-state index in [1.165, 1.54) is 0 Å². The number of thiocarbonyl (C=S) groups is 1. The number of thioether (sulfide) groups is 1. The molecule has 1 saturated heterocycles. The van der Waals surface area contributed by atoms with Gasteiger partial charge in [0.1, 0.15) is 23.3 Å². The van der Waals surface area contributed by atoms with Crippen LogP contribution < -0.4 is 0 Å². The van der Waals surface area contributed by atoms with Gasteiger partial charge in [-0.2, -0.15) is 0 Å². The number of ether oxygens (including phenoxy) is 3. The van der Waals surface area contributed by atoms with Crippen LogP contribution in [0.25, 0.3) is 0 Å². The molecule has 0 unspecified atom stereocenters. The molecule has 0 bridgehead atoms. The molecule has 7 nitrogen and oxygen atoms in total. The van der Waals surface area contributed by atoms with Gasteiger partial charge in [0.25, 0.3) is 0 Å². The van der Waals surface area contributed by atoms with Crippen LogP contribution in [0.3, 0.4) is 0 Å². The molecule has 0 aromatic heterocycles. The maximum Gasteiger partial charge on any atom is 0.234 e. The van der Waals surface area contributed by atoms with E-state index in [0.717, 1.165) is 59.9 Å². The van der Waals surface area contributed by atoms with Crippen LogP contribution in [-0.4, -0.2) is 82.9 Å². The Morgan fingerprint density at radius 3 is 2.16 bits per heavy atom. The van der Waals surface area contributed by atoms with E-state index in [1.807, 2.05) is 30.0 Å². The monoisotopic (exact) mass is 847 g/mol. The van der Waals surface area contributed by atoms with Crippen molar-refractivity contribution in [2.24, 2.45) is 11.8 Å². The highest BCUT2D eigenvalue weighted by Crippen LogP contribution is 2.41. The molecule has 56 heavy (non-hydrogen) atoms. The Kier molecular flexibility index (Phi) is 21.7. The average molecular weight is 848 g/mol. The van der Waals surface area contributed by atoms with E-state index in [2.05, 4.69) is 119 Å². The van der Waals surface area contributed by atoms with E-state index < -0.39 is 16.6 Å². The first-order valence-electron chi connectivity index (χ1n) is 20.9. The minimum Gasteiger partial charge on any atom is -0.409 e. The maximum atomic E-state index is 14.2. The third kappa shape index (κ3) is 14.4. The molecule has 1 amide bonds.